The van der Waals surface area contributed by atoms with Crippen molar-refractivity contribution in [2.75, 3.05) is 27.2 Å². The zero-order valence-corrected chi connectivity index (χ0v) is 7.65. The highest BCUT2D eigenvalue weighted by atomic mass is 16.4. The molecule has 0 bridgehead atoms. The maximum atomic E-state index is 11.2. The average molecular weight is 184 g/mol. The van der Waals surface area contributed by atoms with Gasteiger partial charge in [0, 0.05) is 25.9 Å². The Labute approximate surface area is 76.2 Å². The number of likely N-dealkylation sites (tertiary alicyclic amines) is 1. The minimum atomic E-state index is -1.05. The summed E-state index contributed by atoms with van der Waals surface area (Å²) >= 11 is 0. The molecule has 72 valence electrons. The third-order valence-electron chi connectivity index (χ3n) is 1.74. The molecule has 1 amide bonds. The second kappa shape index (κ2) is 3.47. The van der Waals surface area contributed by atoms with Crippen LogP contribution in [0.3, 0.4) is 0 Å². The minimum absolute atomic E-state index is 0.0188. The minimum Gasteiger partial charge on any atom is -0.465 e. The Hall–Kier alpha value is -1.52. The maximum absolute atomic E-state index is 11.2. The number of carbonyl (C=O) groups is 2. The van der Waals surface area contributed by atoms with E-state index in [2.05, 4.69) is 0 Å². The maximum Gasteiger partial charge on any atom is 0.408 e. The van der Waals surface area contributed by atoms with Crippen molar-refractivity contribution in [2.24, 2.45) is 0 Å². The van der Waals surface area contributed by atoms with Crippen molar-refractivity contribution in [3.05, 3.63) is 11.8 Å². The lowest BCUT2D eigenvalue weighted by atomic mass is 10.2. The van der Waals surface area contributed by atoms with Crippen LogP contribution in [-0.4, -0.2) is 54.0 Å². The number of carboxylic acid groups (broad SMARTS) is 1. The fraction of sp³-hybridized carbons (Fsp3) is 0.500. The van der Waals surface area contributed by atoms with Crippen LogP contribution in [0.2, 0.25) is 0 Å². The fourth-order valence-electron chi connectivity index (χ4n) is 1.18. The molecule has 0 aromatic heterocycles. The van der Waals surface area contributed by atoms with Gasteiger partial charge >= 0.3 is 6.09 Å². The molecule has 1 fully saturated rings. The molecule has 0 saturated carbocycles. The summed E-state index contributed by atoms with van der Waals surface area (Å²) in [5, 5.41) is 8.62. The molecule has 0 spiro atoms. The quantitative estimate of drug-likeness (QED) is 0.582. The summed E-state index contributed by atoms with van der Waals surface area (Å²) in [4.78, 5) is 24.6. The van der Waals surface area contributed by atoms with Crippen molar-refractivity contribution in [1.29, 1.82) is 0 Å². The molecule has 0 aliphatic carbocycles. The summed E-state index contributed by atoms with van der Waals surface area (Å²) in [6.07, 6.45) is 0.612. The van der Waals surface area contributed by atoms with Crippen LogP contribution >= 0.6 is 0 Å². The SMILES string of the molecule is CN(C)/C=C1\CN(C(=O)O)CC1=O. The summed E-state index contributed by atoms with van der Waals surface area (Å²) < 4.78 is 0. The van der Waals surface area contributed by atoms with E-state index in [1.807, 2.05) is 0 Å². The molecule has 1 N–H and O–H groups in total. The van der Waals surface area contributed by atoms with Crippen LogP contribution in [0.4, 0.5) is 4.79 Å². The van der Waals surface area contributed by atoms with Gasteiger partial charge in [-0.25, -0.2) is 4.79 Å². The van der Waals surface area contributed by atoms with Crippen LogP contribution in [0.5, 0.6) is 0 Å². The largest absolute Gasteiger partial charge is 0.465 e. The van der Waals surface area contributed by atoms with Crippen molar-refractivity contribution in [2.45, 2.75) is 0 Å². The monoisotopic (exact) mass is 184 g/mol. The Bertz CT molecular complexity index is 271. The predicted molar refractivity (Wildman–Crippen MR) is 46.4 cm³/mol. The number of hydrogen-bond donors (Lipinski definition) is 1. The lowest BCUT2D eigenvalue weighted by molar-refractivity contribution is -0.114. The number of hydrogen-bond acceptors (Lipinski definition) is 3. The summed E-state index contributed by atoms with van der Waals surface area (Å²) in [7, 11) is 3.59. The third-order valence-corrected chi connectivity index (χ3v) is 1.74. The Morgan fingerprint density at radius 2 is 2.15 bits per heavy atom. The van der Waals surface area contributed by atoms with Crippen LogP contribution in [0.1, 0.15) is 0 Å². The van der Waals surface area contributed by atoms with Gasteiger partial charge in [-0.3, -0.25) is 9.69 Å². The van der Waals surface area contributed by atoms with E-state index < -0.39 is 6.09 Å². The van der Waals surface area contributed by atoms with Gasteiger partial charge in [0.05, 0.1) is 13.1 Å². The van der Waals surface area contributed by atoms with Crippen molar-refractivity contribution >= 4 is 11.9 Å². The number of nitrogens with zero attached hydrogens (tertiary/aromatic N) is 2. The number of carbonyl (C=O) groups excluding carboxylic acids is 1. The van der Waals surface area contributed by atoms with Gasteiger partial charge in [-0.05, 0) is 0 Å². The molecule has 5 heteroatoms. The zero-order chi connectivity index (χ0) is 10.0. The normalized spacial score (nSPS) is 19.7. The molecular formula is C8H12N2O3. The van der Waals surface area contributed by atoms with Crippen LogP contribution in [0.25, 0.3) is 0 Å². The van der Waals surface area contributed by atoms with E-state index in [1.54, 1.807) is 25.2 Å². The van der Waals surface area contributed by atoms with Gasteiger partial charge in [0.2, 0.25) is 0 Å². The van der Waals surface area contributed by atoms with E-state index in [4.69, 9.17) is 5.11 Å². The van der Waals surface area contributed by atoms with Crippen molar-refractivity contribution in [1.82, 2.24) is 9.80 Å². The summed E-state index contributed by atoms with van der Waals surface area (Å²) in [5.41, 5.74) is 0.549. The molecule has 5 nitrogen and oxygen atoms in total. The van der Waals surface area contributed by atoms with E-state index in [0.717, 1.165) is 4.90 Å². The summed E-state index contributed by atoms with van der Waals surface area (Å²) in [6.45, 7) is 0.182. The van der Waals surface area contributed by atoms with Gasteiger partial charge in [-0.2, -0.15) is 0 Å². The van der Waals surface area contributed by atoms with E-state index in [9.17, 15) is 9.59 Å². The first-order valence-corrected chi connectivity index (χ1v) is 3.89. The lowest BCUT2D eigenvalue weighted by Gasteiger charge is -2.08. The number of rotatable bonds is 1. The lowest BCUT2D eigenvalue weighted by Crippen LogP contribution is -2.26. The van der Waals surface area contributed by atoms with Crippen molar-refractivity contribution in [3.63, 3.8) is 0 Å². The van der Waals surface area contributed by atoms with Crippen LogP contribution in [-0.2, 0) is 4.79 Å². The molecule has 1 aliphatic rings. The van der Waals surface area contributed by atoms with Gasteiger partial charge in [0.15, 0.2) is 5.78 Å². The van der Waals surface area contributed by atoms with Crippen LogP contribution in [0.15, 0.2) is 11.8 Å². The Balaban J connectivity index is 2.72. The fourth-order valence-corrected chi connectivity index (χ4v) is 1.18. The Kier molecular flexibility index (Phi) is 2.55. The van der Waals surface area contributed by atoms with E-state index >= 15 is 0 Å². The molecule has 0 aromatic carbocycles. The summed E-state index contributed by atoms with van der Waals surface area (Å²) in [5.74, 6) is -0.115. The standard InChI is InChI=1S/C8H12N2O3/c1-9(2)3-6-4-10(8(12)13)5-7(6)11/h3H,4-5H2,1-2H3,(H,12,13)/b6-3+. The predicted octanol–water partition coefficient (Wildman–Crippen LogP) is -0.00540. The molecule has 0 atom stereocenters. The third kappa shape index (κ3) is 2.21. The second-order valence-corrected chi connectivity index (χ2v) is 3.18. The molecule has 0 radical (unpaired) electrons. The van der Waals surface area contributed by atoms with E-state index in [-0.39, 0.29) is 18.9 Å². The molecule has 13 heavy (non-hydrogen) atoms. The van der Waals surface area contributed by atoms with Gasteiger partial charge < -0.3 is 10.0 Å². The van der Waals surface area contributed by atoms with Crippen molar-refractivity contribution in [3.8, 4) is 0 Å². The zero-order valence-electron chi connectivity index (χ0n) is 7.65. The number of amides is 1. The van der Waals surface area contributed by atoms with E-state index in [1.165, 1.54) is 0 Å². The Morgan fingerprint density at radius 1 is 1.54 bits per heavy atom. The molecule has 0 unspecified atom stereocenters. The van der Waals surface area contributed by atoms with Crippen LogP contribution in [0, 0.1) is 0 Å². The van der Waals surface area contributed by atoms with Gasteiger partial charge in [0.1, 0.15) is 0 Å². The first-order valence-electron chi connectivity index (χ1n) is 3.89. The van der Waals surface area contributed by atoms with Gasteiger partial charge in [0.25, 0.3) is 0 Å². The highest BCUT2D eigenvalue weighted by molar-refractivity contribution is 6.01. The smallest absolute Gasteiger partial charge is 0.408 e. The average Bonchev–Trinajstić information content (AvgIpc) is 2.31. The topological polar surface area (TPSA) is 60.9 Å². The molecule has 1 heterocycles. The molecule has 1 aliphatic heterocycles. The number of Topliss-reactive ketones (excluding diaryl/α,β-unsaturated/α-hetero) is 1. The molecule has 0 aromatic rings. The van der Waals surface area contributed by atoms with E-state index in [0.29, 0.717) is 5.57 Å². The second-order valence-electron chi connectivity index (χ2n) is 3.18. The first-order chi connectivity index (χ1) is 6.00. The molecule has 1 saturated heterocycles. The highest BCUT2D eigenvalue weighted by Crippen LogP contribution is 2.11. The molecular weight excluding hydrogens is 172 g/mol. The van der Waals surface area contributed by atoms with Gasteiger partial charge in [-0.1, -0.05) is 0 Å². The summed E-state index contributed by atoms with van der Waals surface area (Å²) in [6, 6.07) is 0. The highest BCUT2D eigenvalue weighted by Gasteiger charge is 2.28. The van der Waals surface area contributed by atoms with Crippen LogP contribution < -0.4 is 0 Å². The van der Waals surface area contributed by atoms with Crippen molar-refractivity contribution < 1.29 is 14.7 Å². The first kappa shape index (κ1) is 9.57. The van der Waals surface area contributed by atoms with Gasteiger partial charge in [-0.15, -0.1) is 0 Å². The molecule has 1 rings (SSSR count). The Morgan fingerprint density at radius 3 is 2.54 bits per heavy atom. The number of ketones is 1.